The minimum absolute atomic E-state index is 0.274. The zero-order chi connectivity index (χ0) is 14.2. The van der Waals surface area contributed by atoms with Crippen molar-refractivity contribution in [3.63, 3.8) is 0 Å². The molecule has 0 heterocycles. The van der Waals surface area contributed by atoms with E-state index in [0.29, 0.717) is 5.88 Å². The lowest BCUT2D eigenvalue weighted by Crippen LogP contribution is -2.23. The molecule has 0 aromatic heterocycles. The number of halogens is 1. The van der Waals surface area contributed by atoms with Gasteiger partial charge in [-0.15, -0.1) is 11.6 Å². The standard InChI is InChI=1S/C17H19ClO2/c1-2-6-17(19-15-7-4-3-5-8-15)20-16-11-9-14(13-18)10-12-16/h3-5,7-12,17H,2,6,13H2,1H3. The zero-order valence-electron chi connectivity index (χ0n) is 11.6. The molecule has 0 aliphatic heterocycles. The van der Waals surface area contributed by atoms with E-state index in [4.69, 9.17) is 21.1 Å². The van der Waals surface area contributed by atoms with Gasteiger partial charge in [-0.2, -0.15) is 0 Å². The molecular formula is C17H19ClO2. The predicted octanol–water partition coefficient (Wildman–Crippen LogP) is 5.01. The molecule has 2 aromatic rings. The van der Waals surface area contributed by atoms with Crippen LogP contribution in [0.3, 0.4) is 0 Å². The van der Waals surface area contributed by atoms with E-state index in [1.807, 2.05) is 54.6 Å². The monoisotopic (exact) mass is 290 g/mol. The Bertz CT molecular complexity index is 496. The van der Waals surface area contributed by atoms with Gasteiger partial charge in [0.15, 0.2) is 0 Å². The Hall–Kier alpha value is -1.67. The highest BCUT2D eigenvalue weighted by atomic mass is 35.5. The highest BCUT2D eigenvalue weighted by Gasteiger charge is 2.11. The van der Waals surface area contributed by atoms with E-state index < -0.39 is 0 Å². The van der Waals surface area contributed by atoms with Crippen molar-refractivity contribution in [2.45, 2.75) is 31.9 Å². The van der Waals surface area contributed by atoms with Crippen molar-refractivity contribution >= 4 is 11.6 Å². The highest BCUT2D eigenvalue weighted by Crippen LogP contribution is 2.19. The fourth-order valence-corrected chi connectivity index (χ4v) is 2.02. The van der Waals surface area contributed by atoms with E-state index in [9.17, 15) is 0 Å². The van der Waals surface area contributed by atoms with Crippen LogP contribution in [-0.2, 0) is 5.88 Å². The van der Waals surface area contributed by atoms with Gasteiger partial charge >= 0.3 is 0 Å². The molecule has 0 fully saturated rings. The second-order valence-electron chi connectivity index (χ2n) is 4.54. The molecule has 2 rings (SSSR count). The maximum absolute atomic E-state index is 5.89. The first kappa shape index (κ1) is 14.7. The van der Waals surface area contributed by atoms with Gasteiger partial charge in [-0.05, 0) is 36.2 Å². The lowest BCUT2D eigenvalue weighted by molar-refractivity contribution is -0.00104. The second kappa shape index (κ2) is 7.81. The number of alkyl halides is 1. The van der Waals surface area contributed by atoms with E-state index in [0.717, 1.165) is 29.9 Å². The molecular weight excluding hydrogens is 272 g/mol. The minimum atomic E-state index is -0.274. The summed E-state index contributed by atoms with van der Waals surface area (Å²) in [6.45, 7) is 2.11. The molecule has 0 bridgehead atoms. The van der Waals surface area contributed by atoms with Crippen molar-refractivity contribution in [1.29, 1.82) is 0 Å². The average Bonchev–Trinajstić information content (AvgIpc) is 2.49. The van der Waals surface area contributed by atoms with E-state index >= 15 is 0 Å². The predicted molar refractivity (Wildman–Crippen MR) is 82.4 cm³/mol. The largest absolute Gasteiger partial charge is 0.455 e. The van der Waals surface area contributed by atoms with Crippen LogP contribution in [-0.4, -0.2) is 6.29 Å². The Labute approximate surface area is 125 Å². The summed E-state index contributed by atoms with van der Waals surface area (Å²) in [5, 5.41) is 0. The third-order valence-electron chi connectivity index (χ3n) is 2.88. The number of para-hydroxylation sites is 1. The maximum Gasteiger partial charge on any atom is 0.241 e. The zero-order valence-corrected chi connectivity index (χ0v) is 12.3. The number of benzene rings is 2. The summed E-state index contributed by atoms with van der Waals surface area (Å²) in [4.78, 5) is 0. The van der Waals surface area contributed by atoms with Crippen molar-refractivity contribution in [3.05, 3.63) is 60.2 Å². The smallest absolute Gasteiger partial charge is 0.241 e. The van der Waals surface area contributed by atoms with Crippen molar-refractivity contribution in [2.75, 3.05) is 0 Å². The van der Waals surface area contributed by atoms with E-state index in [1.54, 1.807) is 0 Å². The van der Waals surface area contributed by atoms with Gasteiger partial charge < -0.3 is 9.47 Å². The van der Waals surface area contributed by atoms with Crippen molar-refractivity contribution < 1.29 is 9.47 Å². The summed E-state index contributed by atoms with van der Waals surface area (Å²) in [6, 6.07) is 17.5. The number of hydrogen-bond donors (Lipinski definition) is 0. The Morgan fingerprint density at radius 1 is 0.900 bits per heavy atom. The molecule has 0 saturated heterocycles. The van der Waals surface area contributed by atoms with E-state index in [-0.39, 0.29) is 6.29 Å². The summed E-state index contributed by atoms with van der Waals surface area (Å²) >= 11 is 5.78. The first-order valence-electron chi connectivity index (χ1n) is 6.85. The van der Waals surface area contributed by atoms with Crippen molar-refractivity contribution in [3.8, 4) is 11.5 Å². The van der Waals surface area contributed by atoms with Crippen LogP contribution in [0.25, 0.3) is 0 Å². The molecule has 1 unspecified atom stereocenters. The SMILES string of the molecule is CCCC(Oc1ccccc1)Oc1ccc(CCl)cc1. The fourth-order valence-electron chi connectivity index (χ4n) is 1.84. The van der Waals surface area contributed by atoms with Crippen LogP contribution in [0, 0.1) is 0 Å². The maximum atomic E-state index is 5.89. The summed E-state index contributed by atoms with van der Waals surface area (Å²) in [6.07, 6.45) is 1.56. The van der Waals surface area contributed by atoms with Crippen LogP contribution in [0.5, 0.6) is 11.5 Å². The molecule has 0 saturated carbocycles. The quantitative estimate of drug-likeness (QED) is 0.527. The fraction of sp³-hybridized carbons (Fsp3) is 0.294. The summed E-state index contributed by atoms with van der Waals surface area (Å²) in [7, 11) is 0. The van der Waals surface area contributed by atoms with Gasteiger partial charge in [0.1, 0.15) is 11.5 Å². The number of hydrogen-bond acceptors (Lipinski definition) is 2. The Balaban J connectivity index is 2.00. The minimum Gasteiger partial charge on any atom is -0.455 e. The molecule has 2 nitrogen and oxygen atoms in total. The normalized spacial score (nSPS) is 11.9. The topological polar surface area (TPSA) is 18.5 Å². The molecule has 0 N–H and O–H groups in total. The summed E-state index contributed by atoms with van der Waals surface area (Å²) in [5.41, 5.74) is 1.08. The van der Waals surface area contributed by atoms with Crippen molar-refractivity contribution in [1.82, 2.24) is 0 Å². The first-order chi connectivity index (χ1) is 9.81. The molecule has 0 aliphatic rings. The Kier molecular flexibility index (Phi) is 5.75. The Morgan fingerprint density at radius 3 is 2.05 bits per heavy atom. The van der Waals surface area contributed by atoms with Crippen LogP contribution in [0.15, 0.2) is 54.6 Å². The average molecular weight is 291 g/mol. The summed E-state index contributed by atoms with van der Waals surface area (Å²) < 4.78 is 11.8. The summed E-state index contributed by atoms with van der Waals surface area (Å²) in [5.74, 6) is 2.13. The molecule has 0 amide bonds. The number of rotatable bonds is 7. The molecule has 2 aromatic carbocycles. The van der Waals surface area contributed by atoms with Gasteiger partial charge in [-0.1, -0.05) is 37.3 Å². The third-order valence-corrected chi connectivity index (χ3v) is 3.19. The van der Waals surface area contributed by atoms with Gasteiger partial charge in [-0.25, -0.2) is 0 Å². The molecule has 0 radical (unpaired) electrons. The van der Waals surface area contributed by atoms with Crippen LogP contribution in [0.4, 0.5) is 0 Å². The molecule has 3 heteroatoms. The van der Waals surface area contributed by atoms with Crippen LogP contribution < -0.4 is 9.47 Å². The highest BCUT2D eigenvalue weighted by molar-refractivity contribution is 6.17. The van der Waals surface area contributed by atoms with Gasteiger partial charge in [0.2, 0.25) is 6.29 Å². The van der Waals surface area contributed by atoms with E-state index in [1.165, 1.54) is 0 Å². The number of ether oxygens (including phenoxy) is 2. The molecule has 106 valence electrons. The van der Waals surface area contributed by atoms with Crippen molar-refractivity contribution in [2.24, 2.45) is 0 Å². The molecule has 0 spiro atoms. The molecule has 20 heavy (non-hydrogen) atoms. The van der Waals surface area contributed by atoms with Gasteiger partial charge in [0, 0.05) is 12.3 Å². The van der Waals surface area contributed by atoms with Gasteiger partial charge in [0.05, 0.1) is 0 Å². The van der Waals surface area contributed by atoms with E-state index in [2.05, 4.69) is 6.92 Å². The molecule has 0 aliphatic carbocycles. The lowest BCUT2D eigenvalue weighted by atomic mass is 10.2. The van der Waals surface area contributed by atoms with Crippen LogP contribution in [0.1, 0.15) is 25.3 Å². The third kappa shape index (κ3) is 4.46. The molecule has 1 atom stereocenters. The van der Waals surface area contributed by atoms with Crippen LogP contribution >= 0.6 is 11.6 Å². The van der Waals surface area contributed by atoms with Crippen LogP contribution in [0.2, 0.25) is 0 Å². The first-order valence-corrected chi connectivity index (χ1v) is 7.38. The second-order valence-corrected chi connectivity index (χ2v) is 4.81. The van der Waals surface area contributed by atoms with Gasteiger partial charge in [0.25, 0.3) is 0 Å². The lowest BCUT2D eigenvalue weighted by Gasteiger charge is -2.20. The van der Waals surface area contributed by atoms with Gasteiger partial charge in [-0.3, -0.25) is 0 Å². The Morgan fingerprint density at radius 2 is 1.50 bits per heavy atom.